The number of halogens is 3. The van der Waals surface area contributed by atoms with Crippen LogP contribution in [0.15, 0.2) is 54.6 Å². The normalized spacial score (nSPS) is 10.5. The van der Waals surface area contributed by atoms with Crippen molar-refractivity contribution >= 4 is 46.5 Å². The number of carboxylic acids is 1. The fraction of sp³-hybridized carbons (Fsp3) is 0.136. The van der Waals surface area contributed by atoms with Crippen molar-refractivity contribution < 1.29 is 19.4 Å². The van der Waals surface area contributed by atoms with Crippen LogP contribution in [0.25, 0.3) is 0 Å². The fourth-order valence-electron chi connectivity index (χ4n) is 2.82. The summed E-state index contributed by atoms with van der Waals surface area (Å²) in [6.07, 6.45) is 0. The van der Waals surface area contributed by atoms with Crippen LogP contribution in [0.5, 0.6) is 11.5 Å². The third kappa shape index (κ3) is 5.30. The van der Waals surface area contributed by atoms with E-state index in [1.54, 1.807) is 42.5 Å². The first-order chi connectivity index (χ1) is 14.4. The van der Waals surface area contributed by atoms with Gasteiger partial charge in [0.15, 0.2) is 0 Å². The number of nitrogens with one attached hydrogen (secondary N) is 1. The van der Waals surface area contributed by atoms with Crippen LogP contribution in [0.4, 0.5) is 5.69 Å². The molecule has 0 saturated heterocycles. The number of hydrogen-bond donors (Lipinski definition) is 2. The van der Waals surface area contributed by atoms with Gasteiger partial charge < -0.3 is 19.9 Å². The Bertz CT molecular complexity index is 1050. The molecular formula is C22H18Cl3NO4. The van der Waals surface area contributed by atoms with E-state index in [-0.39, 0.29) is 12.2 Å². The van der Waals surface area contributed by atoms with Gasteiger partial charge in [0.25, 0.3) is 0 Å². The summed E-state index contributed by atoms with van der Waals surface area (Å²) in [6.45, 7) is 0.510. The minimum absolute atomic E-state index is 0.147. The topological polar surface area (TPSA) is 67.8 Å². The van der Waals surface area contributed by atoms with Crippen LogP contribution in [-0.2, 0) is 13.2 Å². The van der Waals surface area contributed by atoms with Crippen molar-refractivity contribution in [2.24, 2.45) is 0 Å². The van der Waals surface area contributed by atoms with Gasteiger partial charge in [0, 0.05) is 32.7 Å². The zero-order chi connectivity index (χ0) is 21.7. The standard InChI is InChI=1S/C22H18Cl3NO4/c1-29-21-7-5-13(22(27)28)10-19(21)26-11-14-9-15(23)6-8-20(14)30-12-16-17(24)3-2-4-18(16)25/h2-10,26H,11-12H2,1H3,(H,27,28). The lowest BCUT2D eigenvalue weighted by Gasteiger charge is -2.16. The van der Waals surface area contributed by atoms with E-state index in [1.165, 1.54) is 19.2 Å². The zero-order valence-corrected chi connectivity index (χ0v) is 18.2. The van der Waals surface area contributed by atoms with Crippen LogP contribution >= 0.6 is 34.8 Å². The SMILES string of the molecule is COc1ccc(C(=O)O)cc1NCc1cc(Cl)ccc1OCc1c(Cl)cccc1Cl. The number of methoxy groups -OCH3 is 1. The van der Waals surface area contributed by atoms with Crippen molar-refractivity contribution in [2.75, 3.05) is 12.4 Å². The summed E-state index contributed by atoms with van der Waals surface area (Å²) in [5.41, 5.74) is 2.14. The minimum Gasteiger partial charge on any atom is -0.495 e. The molecule has 0 aromatic heterocycles. The molecule has 3 aromatic rings. The van der Waals surface area contributed by atoms with Crippen LogP contribution in [0.3, 0.4) is 0 Å². The highest BCUT2D eigenvalue weighted by atomic mass is 35.5. The molecule has 0 amide bonds. The second kappa shape index (κ2) is 9.94. The van der Waals surface area contributed by atoms with Crippen molar-refractivity contribution in [3.63, 3.8) is 0 Å². The molecule has 2 N–H and O–H groups in total. The molecule has 8 heteroatoms. The lowest BCUT2D eigenvalue weighted by atomic mass is 10.1. The van der Waals surface area contributed by atoms with Gasteiger partial charge in [-0.25, -0.2) is 4.79 Å². The van der Waals surface area contributed by atoms with Gasteiger partial charge in [-0.1, -0.05) is 40.9 Å². The Morgan fingerprint density at radius 2 is 1.70 bits per heavy atom. The highest BCUT2D eigenvalue weighted by Gasteiger charge is 2.12. The summed E-state index contributed by atoms with van der Waals surface area (Å²) in [4.78, 5) is 11.3. The fourth-order valence-corrected chi connectivity index (χ4v) is 3.52. The molecule has 0 bridgehead atoms. The molecule has 0 radical (unpaired) electrons. The van der Waals surface area contributed by atoms with Gasteiger partial charge in [-0.15, -0.1) is 0 Å². The molecule has 0 aliphatic heterocycles. The van der Waals surface area contributed by atoms with Gasteiger partial charge >= 0.3 is 5.97 Å². The summed E-state index contributed by atoms with van der Waals surface area (Å²) >= 11 is 18.6. The number of carbonyl (C=O) groups is 1. The first-order valence-corrected chi connectivity index (χ1v) is 10.0. The Balaban J connectivity index is 1.81. The van der Waals surface area contributed by atoms with E-state index in [0.29, 0.717) is 44.4 Å². The van der Waals surface area contributed by atoms with Crippen molar-refractivity contribution in [1.29, 1.82) is 0 Å². The molecule has 30 heavy (non-hydrogen) atoms. The summed E-state index contributed by atoms with van der Waals surface area (Å²) in [5.74, 6) is 0.0905. The van der Waals surface area contributed by atoms with Crippen LogP contribution in [0, 0.1) is 0 Å². The Morgan fingerprint density at radius 1 is 1.00 bits per heavy atom. The van der Waals surface area contributed by atoms with E-state index < -0.39 is 5.97 Å². The molecule has 0 spiro atoms. The molecule has 0 heterocycles. The number of anilines is 1. The third-order valence-corrected chi connectivity index (χ3v) is 5.32. The Morgan fingerprint density at radius 3 is 2.37 bits per heavy atom. The van der Waals surface area contributed by atoms with Crippen molar-refractivity contribution in [2.45, 2.75) is 13.2 Å². The summed E-state index contributed by atoms with van der Waals surface area (Å²) < 4.78 is 11.3. The van der Waals surface area contributed by atoms with Gasteiger partial charge in [-0.05, 0) is 48.5 Å². The van der Waals surface area contributed by atoms with Crippen molar-refractivity contribution in [3.05, 3.63) is 86.4 Å². The second-order valence-electron chi connectivity index (χ2n) is 6.31. The summed E-state index contributed by atoms with van der Waals surface area (Å²) in [7, 11) is 1.52. The van der Waals surface area contributed by atoms with Gasteiger partial charge in [0.05, 0.1) is 18.4 Å². The average Bonchev–Trinajstić information content (AvgIpc) is 2.72. The van der Waals surface area contributed by atoms with Crippen LogP contribution in [0.1, 0.15) is 21.5 Å². The van der Waals surface area contributed by atoms with Gasteiger partial charge in [0.2, 0.25) is 0 Å². The number of benzene rings is 3. The monoisotopic (exact) mass is 465 g/mol. The third-order valence-electron chi connectivity index (χ3n) is 4.37. The molecule has 5 nitrogen and oxygen atoms in total. The number of carboxylic acid groups (broad SMARTS) is 1. The number of ether oxygens (including phenoxy) is 2. The molecule has 0 unspecified atom stereocenters. The van der Waals surface area contributed by atoms with Crippen molar-refractivity contribution in [1.82, 2.24) is 0 Å². The van der Waals surface area contributed by atoms with Crippen LogP contribution < -0.4 is 14.8 Å². The molecule has 0 atom stereocenters. The number of hydrogen-bond acceptors (Lipinski definition) is 4. The quantitative estimate of drug-likeness (QED) is 0.394. The van der Waals surface area contributed by atoms with Crippen LogP contribution in [0.2, 0.25) is 15.1 Å². The Hall–Kier alpha value is -2.60. The van der Waals surface area contributed by atoms with Gasteiger partial charge in [0.1, 0.15) is 18.1 Å². The average molecular weight is 467 g/mol. The number of aromatic carboxylic acids is 1. The molecule has 0 saturated carbocycles. The molecule has 0 fully saturated rings. The number of rotatable bonds is 8. The lowest BCUT2D eigenvalue weighted by molar-refractivity contribution is 0.0697. The van der Waals surface area contributed by atoms with E-state index in [4.69, 9.17) is 44.3 Å². The first kappa shape index (κ1) is 22.1. The molecule has 3 rings (SSSR count). The largest absolute Gasteiger partial charge is 0.495 e. The summed E-state index contributed by atoms with van der Waals surface area (Å²) in [6, 6.07) is 15.1. The van der Waals surface area contributed by atoms with E-state index in [1.807, 2.05) is 0 Å². The Labute approximate surface area is 189 Å². The molecule has 0 aliphatic carbocycles. The summed E-state index contributed by atoms with van der Waals surface area (Å²) in [5, 5.41) is 14.0. The van der Waals surface area contributed by atoms with E-state index in [0.717, 1.165) is 5.56 Å². The van der Waals surface area contributed by atoms with Gasteiger partial charge in [-0.2, -0.15) is 0 Å². The molecule has 3 aromatic carbocycles. The van der Waals surface area contributed by atoms with Gasteiger partial charge in [-0.3, -0.25) is 0 Å². The second-order valence-corrected chi connectivity index (χ2v) is 7.57. The highest BCUT2D eigenvalue weighted by molar-refractivity contribution is 6.36. The van der Waals surface area contributed by atoms with Crippen molar-refractivity contribution in [3.8, 4) is 11.5 Å². The maximum absolute atomic E-state index is 11.3. The highest BCUT2D eigenvalue weighted by Crippen LogP contribution is 2.31. The molecule has 156 valence electrons. The zero-order valence-electron chi connectivity index (χ0n) is 15.9. The van der Waals surface area contributed by atoms with E-state index in [2.05, 4.69) is 5.32 Å². The Kier molecular flexibility index (Phi) is 7.32. The predicted molar refractivity (Wildman–Crippen MR) is 120 cm³/mol. The predicted octanol–water partition coefficient (Wildman–Crippen LogP) is 6.54. The smallest absolute Gasteiger partial charge is 0.335 e. The first-order valence-electron chi connectivity index (χ1n) is 8.88. The lowest BCUT2D eigenvalue weighted by Crippen LogP contribution is -2.06. The van der Waals surface area contributed by atoms with E-state index >= 15 is 0 Å². The maximum atomic E-state index is 11.3. The molecular weight excluding hydrogens is 449 g/mol. The molecule has 0 aliphatic rings. The van der Waals surface area contributed by atoms with E-state index in [9.17, 15) is 9.90 Å². The minimum atomic E-state index is -1.02. The maximum Gasteiger partial charge on any atom is 0.335 e. The van der Waals surface area contributed by atoms with Crippen LogP contribution in [-0.4, -0.2) is 18.2 Å².